The van der Waals surface area contributed by atoms with Crippen molar-refractivity contribution >= 4 is 29.9 Å². The molecule has 0 radical (unpaired) electrons. The molecule has 1 amide bonds. The molecule has 0 unspecified atom stereocenters. The molecule has 0 N–H and O–H groups in total. The van der Waals surface area contributed by atoms with Crippen LogP contribution >= 0.6 is 24.0 Å². The number of hydrogen-bond donors (Lipinski definition) is 0. The highest BCUT2D eigenvalue weighted by molar-refractivity contribution is 14.0. The van der Waals surface area contributed by atoms with Crippen LogP contribution in [0.2, 0.25) is 0 Å². The third kappa shape index (κ3) is 2.86. The Balaban J connectivity index is 0.000000810. The van der Waals surface area contributed by atoms with Gasteiger partial charge in [-0.1, -0.05) is 0 Å². The van der Waals surface area contributed by atoms with E-state index in [0.717, 1.165) is 13.1 Å². The number of carbonyl (C=O) groups is 1. The molecule has 0 aliphatic carbocycles. The maximum atomic E-state index is 10.7. The number of halogens is 1. The van der Waals surface area contributed by atoms with E-state index in [0.29, 0.717) is 0 Å². The maximum Gasteiger partial charge on any atom is 0.219 e. The zero-order valence-electron chi connectivity index (χ0n) is 6.30. The van der Waals surface area contributed by atoms with Gasteiger partial charge in [-0.25, -0.2) is 0 Å². The van der Waals surface area contributed by atoms with Crippen molar-refractivity contribution in [1.29, 1.82) is 0 Å². The predicted molar refractivity (Wildman–Crippen MR) is 51.5 cm³/mol. The second-order valence-electron chi connectivity index (χ2n) is 2.57. The van der Waals surface area contributed by atoms with Crippen LogP contribution in [0.25, 0.3) is 0 Å². The molecule has 0 saturated carbocycles. The van der Waals surface area contributed by atoms with Crippen LogP contribution in [0.5, 0.6) is 0 Å². The molecule has 1 aliphatic heterocycles. The quantitative estimate of drug-likeness (QED) is 0.602. The van der Waals surface area contributed by atoms with Gasteiger partial charge in [0.15, 0.2) is 0 Å². The third-order valence-electron chi connectivity index (χ3n) is 1.80. The van der Waals surface area contributed by atoms with Crippen molar-refractivity contribution in [1.82, 2.24) is 4.90 Å². The molecular formula is C7H14INO. The Morgan fingerprint density at radius 2 is 1.70 bits per heavy atom. The average Bonchev–Trinajstić information content (AvgIpc) is 1.90. The lowest BCUT2D eigenvalue weighted by atomic mass is 10.1. The average molecular weight is 255 g/mol. The molecule has 1 fully saturated rings. The molecular weight excluding hydrogens is 241 g/mol. The smallest absolute Gasteiger partial charge is 0.219 e. The number of hydrogen-bond acceptors (Lipinski definition) is 1. The first-order chi connectivity index (χ1) is 4.30. The van der Waals surface area contributed by atoms with Crippen LogP contribution in [0, 0.1) is 0 Å². The second-order valence-corrected chi connectivity index (χ2v) is 2.57. The summed E-state index contributed by atoms with van der Waals surface area (Å²) in [5, 5.41) is 0. The van der Waals surface area contributed by atoms with E-state index in [2.05, 4.69) is 0 Å². The van der Waals surface area contributed by atoms with E-state index < -0.39 is 0 Å². The summed E-state index contributed by atoms with van der Waals surface area (Å²) in [6, 6.07) is 0. The van der Waals surface area contributed by atoms with Crippen LogP contribution in [0.4, 0.5) is 0 Å². The van der Waals surface area contributed by atoms with Gasteiger partial charge in [0, 0.05) is 20.0 Å². The first-order valence-corrected chi connectivity index (χ1v) is 3.56. The molecule has 1 saturated heterocycles. The van der Waals surface area contributed by atoms with Crippen molar-refractivity contribution < 1.29 is 4.79 Å². The Morgan fingerprint density at radius 1 is 1.20 bits per heavy atom. The van der Waals surface area contributed by atoms with E-state index in [1.54, 1.807) is 6.92 Å². The number of rotatable bonds is 0. The molecule has 0 aromatic rings. The van der Waals surface area contributed by atoms with Gasteiger partial charge < -0.3 is 4.90 Å². The summed E-state index contributed by atoms with van der Waals surface area (Å²) < 4.78 is 0. The highest BCUT2D eigenvalue weighted by atomic mass is 127. The summed E-state index contributed by atoms with van der Waals surface area (Å²) in [7, 11) is 0. The van der Waals surface area contributed by atoms with Gasteiger partial charge in [0.2, 0.25) is 5.91 Å². The summed E-state index contributed by atoms with van der Waals surface area (Å²) in [5.41, 5.74) is 0. The molecule has 1 rings (SSSR count). The SMILES string of the molecule is CC(=O)N1CCCCC1.I. The molecule has 60 valence electrons. The Bertz CT molecular complexity index is 110. The molecule has 1 heterocycles. The monoisotopic (exact) mass is 255 g/mol. The lowest BCUT2D eigenvalue weighted by Crippen LogP contribution is -2.33. The van der Waals surface area contributed by atoms with Gasteiger partial charge in [0.05, 0.1) is 0 Å². The van der Waals surface area contributed by atoms with Crippen molar-refractivity contribution in [3.8, 4) is 0 Å². The molecule has 0 aromatic carbocycles. The van der Waals surface area contributed by atoms with E-state index >= 15 is 0 Å². The largest absolute Gasteiger partial charge is 0.343 e. The van der Waals surface area contributed by atoms with Gasteiger partial charge in [-0.05, 0) is 19.3 Å². The minimum atomic E-state index is 0. The summed E-state index contributed by atoms with van der Waals surface area (Å²) >= 11 is 0. The molecule has 2 nitrogen and oxygen atoms in total. The predicted octanol–water partition coefficient (Wildman–Crippen LogP) is 1.64. The lowest BCUT2D eigenvalue weighted by Gasteiger charge is -2.24. The molecule has 0 atom stereocenters. The van der Waals surface area contributed by atoms with Crippen LogP contribution in [0.1, 0.15) is 26.2 Å². The van der Waals surface area contributed by atoms with Gasteiger partial charge in [-0.15, -0.1) is 24.0 Å². The Labute approximate surface area is 79.0 Å². The molecule has 3 heteroatoms. The fourth-order valence-electron chi connectivity index (χ4n) is 1.21. The van der Waals surface area contributed by atoms with Gasteiger partial charge in [-0.2, -0.15) is 0 Å². The Morgan fingerprint density at radius 3 is 2.00 bits per heavy atom. The number of carbonyl (C=O) groups excluding carboxylic acids is 1. The molecule has 0 spiro atoms. The van der Waals surface area contributed by atoms with Crippen molar-refractivity contribution in [2.75, 3.05) is 13.1 Å². The van der Waals surface area contributed by atoms with Crippen molar-refractivity contribution in [3.05, 3.63) is 0 Å². The van der Waals surface area contributed by atoms with Crippen LogP contribution in [-0.4, -0.2) is 23.9 Å². The van der Waals surface area contributed by atoms with Crippen LogP contribution in [-0.2, 0) is 4.79 Å². The molecule has 10 heavy (non-hydrogen) atoms. The normalized spacial score (nSPS) is 17.9. The number of likely N-dealkylation sites (tertiary alicyclic amines) is 1. The first-order valence-electron chi connectivity index (χ1n) is 3.56. The summed E-state index contributed by atoms with van der Waals surface area (Å²) in [5.74, 6) is 0.231. The number of nitrogens with zero attached hydrogens (tertiary/aromatic N) is 1. The first kappa shape index (κ1) is 10.2. The summed E-state index contributed by atoms with van der Waals surface area (Å²) in [6.07, 6.45) is 3.68. The van der Waals surface area contributed by atoms with Gasteiger partial charge >= 0.3 is 0 Å². The van der Waals surface area contributed by atoms with Crippen molar-refractivity contribution in [2.45, 2.75) is 26.2 Å². The van der Waals surface area contributed by atoms with Crippen LogP contribution in [0.3, 0.4) is 0 Å². The molecule has 0 aromatic heterocycles. The highest BCUT2D eigenvalue weighted by Gasteiger charge is 2.10. The van der Waals surface area contributed by atoms with E-state index in [1.807, 2.05) is 4.90 Å². The van der Waals surface area contributed by atoms with E-state index in [4.69, 9.17) is 0 Å². The second kappa shape index (κ2) is 4.93. The highest BCUT2D eigenvalue weighted by Crippen LogP contribution is 2.07. The summed E-state index contributed by atoms with van der Waals surface area (Å²) in [6.45, 7) is 3.61. The van der Waals surface area contributed by atoms with Gasteiger partial charge in [0.1, 0.15) is 0 Å². The van der Waals surface area contributed by atoms with Gasteiger partial charge in [-0.3, -0.25) is 4.79 Å². The molecule has 1 aliphatic rings. The zero-order valence-corrected chi connectivity index (χ0v) is 8.63. The van der Waals surface area contributed by atoms with E-state index in [9.17, 15) is 4.79 Å². The molecule has 0 bridgehead atoms. The Hall–Kier alpha value is 0.200. The van der Waals surface area contributed by atoms with E-state index in [1.165, 1.54) is 19.3 Å². The fraction of sp³-hybridized carbons (Fsp3) is 0.857. The van der Waals surface area contributed by atoms with Crippen molar-refractivity contribution in [3.63, 3.8) is 0 Å². The summed E-state index contributed by atoms with van der Waals surface area (Å²) in [4.78, 5) is 12.6. The van der Waals surface area contributed by atoms with Crippen LogP contribution in [0.15, 0.2) is 0 Å². The van der Waals surface area contributed by atoms with Crippen LogP contribution < -0.4 is 0 Å². The maximum absolute atomic E-state index is 10.7. The number of piperidine rings is 1. The Kier molecular flexibility index (Phi) is 5.03. The minimum Gasteiger partial charge on any atom is -0.343 e. The topological polar surface area (TPSA) is 20.3 Å². The van der Waals surface area contributed by atoms with Crippen molar-refractivity contribution in [2.24, 2.45) is 0 Å². The number of amides is 1. The fourth-order valence-corrected chi connectivity index (χ4v) is 1.21. The third-order valence-corrected chi connectivity index (χ3v) is 1.80. The van der Waals surface area contributed by atoms with Gasteiger partial charge in [0.25, 0.3) is 0 Å². The standard InChI is InChI=1S/C7H13NO.HI/c1-7(9)8-5-3-2-4-6-8;/h2-6H2,1H3;1H. The minimum absolute atomic E-state index is 0. The zero-order chi connectivity index (χ0) is 6.69. The lowest BCUT2D eigenvalue weighted by molar-refractivity contribution is -0.129. The van der Waals surface area contributed by atoms with E-state index in [-0.39, 0.29) is 29.9 Å².